The Kier molecular flexibility index (Phi) is 80.2. The van der Waals surface area contributed by atoms with Crippen molar-refractivity contribution in [3.05, 3.63) is 47.3 Å². The molecule has 0 aliphatic rings. The number of hydrogen-bond acceptors (Lipinski definition) is 0. The Labute approximate surface area is 394 Å². The first kappa shape index (κ1) is 74.6. The van der Waals surface area contributed by atoms with Gasteiger partial charge in [0.2, 0.25) is 0 Å². The average Bonchev–Trinajstić information content (AvgIpc) is 2.74. The molecule has 0 saturated heterocycles. The molecule has 3 atom stereocenters. The van der Waals surface area contributed by atoms with Crippen molar-refractivity contribution < 1.29 is 131 Å². The summed E-state index contributed by atoms with van der Waals surface area (Å²) in [4.78, 5) is 0. The van der Waals surface area contributed by atoms with Crippen LogP contribution in [0.2, 0.25) is 0 Å². The minimum Gasteiger partial charge on any atom is -0.322 e. The van der Waals surface area contributed by atoms with Gasteiger partial charge in [-0.05, 0) is 0 Å². The van der Waals surface area contributed by atoms with Crippen molar-refractivity contribution in [2.45, 2.75) is 198 Å². The van der Waals surface area contributed by atoms with Crippen LogP contribution in [-0.2, 0) is 131 Å². The summed E-state index contributed by atoms with van der Waals surface area (Å²) in [6.45, 7) is 44.5. The van der Waals surface area contributed by atoms with Gasteiger partial charge in [-0.2, -0.15) is 148 Å². The van der Waals surface area contributed by atoms with Crippen LogP contribution in [0, 0.1) is 71.0 Å². The molecule has 0 fully saturated rings. The van der Waals surface area contributed by atoms with Gasteiger partial charge in [-0.15, -0.1) is 6.42 Å². The summed E-state index contributed by atoms with van der Waals surface area (Å²) in [5, 5.41) is 0. The molecule has 0 aromatic rings. The summed E-state index contributed by atoms with van der Waals surface area (Å²) >= 11 is 0. The van der Waals surface area contributed by atoms with Crippen LogP contribution >= 0.6 is 0 Å². The fourth-order valence-corrected chi connectivity index (χ4v) is 4.33. The minimum absolute atomic E-state index is 0. The molecular weight excluding hydrogens is 848 g/mol. The molecule has 3 unspecified atom stereocenters. The summed E-state index contributed by atoms with van der Waals surface area (Å²) in [6.07, 6.45) is 8.99. The van der Waals surface area contributed by atoms with Crippen LogP contribution in [0.25, 0.3) is 0 Å². The van der Waals surface area contributed by atoms with Crippen molar-refractivity contribution in [1.29, 1.82) is 0 Å². The first-order valence-corrected chi connectivity index (χ1v) is 16.0. The third-order valence-electron chi connectivity index (χ3n) is 7.24. The van der Waals surface area contributed by atoms with Crippen LogP contribution in [0.1, 0.15) is 198 Å². The summed E-state index contributed by atoms with van der Waals surface area (Å²) < 4.78 is 0. The van der Waals surface area contributed by atoms with Crippen LogP contribution in [0.5, 0.6) is 0 Å². The molecule has 0 bridgehead atoms. The Morgan fingerprint density at radius 2 is 0.711 bits per heavy atom. The molecule has 0 aromatic carbocycles. The maximum Gasteiger partial charge on any atom is 0 e. The average molecular weight is 935 g/mol. The van der Waals surface area contributed by atoms with Crippen molar-refractivity contribution in [1.82, 2.24) is 0 Å². The third kappa shape index (κ3) is 67.1. The van der Waals surface area contributed by atoms with E-state index in [1.807, 2.05) is 0 Å². The molecule has 0 aliphatic carbocycles. The second kappa shape index (κ2) is 48.4. The molecule has 0 N–H and O–H groups in total. The Hall–Kier alpha value is 4.42. The fraction of sp³-hybridized carbons (Fsp3) is 0.805. The van der Waals surface area contributed by atoms with Gasteiger partial charge in [0.05, 0.1) is 0 Å². The molecule has 0 rings (SSSR count). The maximum absolute atomic E-state index is 2.32. The predicted octanol–water partition coefficient (Wildman–Crippen LogP) is 15.4. The van der Waals surface area contributed by atoms with E-state index in [2.05, 4.69) is 138 Å². The third-order valence-corrected chi connectivity index (χ3v) is 7.24. The fourth-order valence-electron chi connectivity index (χ4n) is 4.33. The maximum atomic E-state index is 2.32. The molecule has 0 spiro atoms. The van der Waals surface area contributed by atoms with Gasteiger partial charge in [-0.1, -0.05) is 54.9 Å². The van der Waals surface area contributed by atoms with E-state index in [9.17, 15) is 0 Å². The molecule has 0 heterocycles. The molecule has 0 aliphatic heterocycles. The van der Waals surface area contributed by atoms with Gasteiger partial charge in [-0.25, -0.2) is 12.8 Å². The van der Waals surface area contributed by atoms with Crippen molar-refractivity contribution in [3.8, 4) is 0 Å². The normalized spacial score (nSPS) is 12.2. The van der Waals surface area contributed by atoms with E-state index in [-0.39, 0.29) is 146 Å². The molecule has 0 amide bonds. The van der Waals surface area contributed by atoms with Crippen molar-refractivity contribution in [3.63, 3.8) is 0 Å². The van der Waals surface area contributed by atoms with Crippen LogP contribution in [0.15, 0.2) is 0 Å². The predicted molar refractivity (Wildman–Crippen MR) is 199 cm³/mol. The Morgan fingerprint density at radius 3 is 0.867 bits per heavy atom. The van der Waals surface area contributed by atoms with E-state index < -0.39 is 0 Å². The minimum atomic E-state index is 0. The van der Waals surface area contributed by atoms with E-state index >= 15 is 0 Å². The van der Waals surface area contributed by atoms with E-state index in [1.54, 1.807) is 35.5 Å². The van der Waals surface area contributed by atoms with E-state index in [1.165, 1.54) is 56.8 Å². The number of rotatable bonds is 15. The molecule has 0 nitrogen and oxygen atoms in total. The van der Waals surface area contributed by atoms with Gasteiger partial charge in [-0.3, -0.25) is 0 Å². The molecule has 0 saturated carbocycles. The van der Waals surface area contributed by atoms with Gasteiger partial charge >= 0.3 is 0 Å². The first-order chi connectivity index (χ1) is 17.7. The topological polar surface area (TPSA) is 0 Å². The van der Waals surface area contributed by atoms with Gasteiger partial charge in [0, 0.05) is 131 Å². The monoisotopic (exact) mass is 934 g/mol. The smallest absolute Gasteiger partial charge is 0 e. The van der Waals surface area contributed by atoms with Crippen molar-refractivity contribution in [2.75, 3.05) is 0 Å². The Morgan fingerprint density at radius 1 is 0.400 bits per heavy atom. The van der Waals surface area contributed by atoms with Gasteiger partial charge < -0.3 is 47.3 Å². The molecule has 45 heavy (non-hydrogen) atoms. The Bertz CT molecular complexity index is 460. The molecule has 4 heteroatoms. The van der Waals surface area contributed by atoms with Gasteiger partial charge in [0.25, 0.3) is 0 Å². The number of hydrogen-bond donors (Lipinski definition) is 0. The first-order valence-electron chi connectivity index (χ1n) is 16.0. The molecule has 270 valence electrons. The van der Waals surface area contributed by atoms with E-state index in [0.717, 1.165) is 23.7 Å². The van der Waals surface area contributed by atoms with Crippen LogP contribution in [0.3, 0.4) is 0 Å². The molecule has 0 aromatic heterocycles. The molecular formula is C41H86Y4-8. The summed E-state index contributed by atoms with van der Waals surface area (Å²) in [6, 6.07) is 0. The quantitative estimate of drug-likeness (QED) is 0.144. The zero-order valence-electron chi connectivity index (χ0n) is 33.6. The van der Waals surface area contributed by atoms with Crippen LogP contribution < -0.4 is 0 Å². The largest absolute Gasteiger partial charge is 0.322 e. The van der Waals surface area contributed by atoms with Gasteiger partial charge in [0.15, 0.2) is 0 Å². The second-order valence-electron chi connectivity index (χ2n) is 14.6. The molecule has 4 radical (unpaired) electrons. The summed E-state index contributed by atoms with van der Waals surface area (Å²) in [5.74, 6) is 15.6. The summed E-state index contributed by atoms with van der Waals surface area (Å²) in [7, 11) is 0. The zero-order chi connectivity index (χ0) is 31.9. The second-order valence-corrected chi connectivity index (χ2v) is 14.6. The van der Waals surface area contributed by atoms with Gasteiger partial charge in [0.1, 0.15) is 0 Å². The van der Waals surface area contributed by atoms with Crippen molar-refractivity contribution >= 4 is 0 Å². The van der Waals surface area contributed by atoms with E-state index in [4.69, 9.17) is 0 Å². The zero-order valence-corrected chi connectivity index (χ0v) is 44.9. The Balaban J connectivity index is -0.0000000435. The van der Waals surface area contributed by atoms with Crippen LogP contribution in [-0.4, -0.2) is 0 Å². The van der Waals surface area contributed by atoms with Crippen LogP contribution in [0.4, 0.5) is 0 Å². The standard InChI is InChI=1S/3C10H20.C9H18.2CH4.4Y/c1-8(2)6-10(5)7-9(3)4;1-8(2)6-7-10(5)9(3)4;1-6-10(9(4)5)7-8(2)3;1-7(2)6-9(5)8(3)4;;;;;;/h3*10H,6-7H2,1-5H3;9H,6H2,1-5H3;2*1H4;;;;/q4*-2;;;;;;. The SMILES string of the molecule is C.C.CCC(C[C-](C)C)[C-](C)C.C[C-](C)CC(C)C[C-](C)C.C[C-](C)CC(C)[C-](C)C.C[C-](C)CCC(C)[C-](C)C.[Y].[Y].[Y].[Y]. The van der Waals surface area contributed by atoms with Crippen molar-refractivity contribution in [2.24, 2.45) is 23.7 Å². The van der Waals surface area contributed by atoms with E-state index in [0.29, 0.717) is 0 Å². The summed E-state index contributed by atoms with van der Waals surface area (Å²) in [5.41, 5.74) is 0.